The Balaban J connectivity index is 1.92. The van der Waals surface area contributed by atoms with Gasteiger partial charge in [-0.25, -0.2) is 0 Å². The van der Waals surface area contributed by atoms with Crippen molar-refractivity contribution in [2.75, 3.05) is 5.32 Å². The average Bonchev–Trinajstić information content (AvgIpc) is 2.91. The van der Waals surface area contributed by atoms with Crippen LogP contribution in [-0.2, 0) is 12.8 Å². The van der Waals surface area contributed by atoms with Gasteiger partial charge in [0.25, 0.3) is 11.8 Å². The second-order valence-corrected chi connectivity index (χ2v) is 7.52. The van der Waals surface area contributed by atoms with Crippen LogP contribution >= 0.6 is 11.3 Å². The molecule has 1 aromatic carbocycles. The van der Waals surface area contributed by atoms with Crippen LogP contribution in [0.15, 0.2) is 24.3 Å². The van der Waals surface area contributed by atoms with Crippen LogP contribution in [0.25, 0.3) is 0 Å². The third-order valence-electron chi connectivity index (χ3n) is 4.70. The summed E-state index contributed by atoms with van der Waals surface area (Å²) in [7, 11) is 0. The third kappa shape index (κ3) is 3.22. The zero-order chi connectivity index (χ0) is 17.3. The van der Waals surface area contributed by atoms with Gasteiger partial charge in [-0.15, -0.1) is 11.3 Å². The van der Waals surface area contributed by atoms with Crippen LogP contribution in [-0.4, -0.2) is 11.8 Å². The quantitative estimate of drug-likeness (QED) is 0.884. The normalized spacial score (nSPS) is 16.5. The molecular weight excluding hydrogens is 320 g/mol. The molecule has 3 N–H and O–H groups in total. The molecule has 24 heavy (non-hydrogen) atoms. The lowest BCUT2D eigenvalue weighted by atomic mass is 9.85. The molecule has 2 amide bonds. The second kappa shape index (κ2) is 6.77. The lowest BCUT2D eigenvalue weighted by Gasteiger charge is -2.20. The van der Waals surface area contributed by atoms with Crippen molar-refractivity contribution in [3.63, 3.8) is 0 Å². The number of hydrogen-bond acceptors (Lipinski definition) is 3. The number of anilines is 1. The molecule has 126 valence electrons. The summed E-state index contributed by atoms with van der Waals surface area (Å²) in [4.78, 5) is 25.7. The maximum Gasteiger partial charge on any atom is 0.256 e. The first-order valence-electron chi connectivity index (χ1n) is 8.32. The monoisotopic (exact) mass is 342 g/mol. The number of aryl methyl sites for hydroxylation is 1. The molecule has 1 aliphatic carbocycles. The predicted octanol–water partition coefficient (Wildman–Crippen LogP) is 3.92. The van der Waals surface area contributed by atoms with Crippen LogP contribution < -0.4 is 11.1 Å². The number of carbonyl (C=O) groups excluding carboxylic acids is 2. The van der Waals surface area contributed by atoms with Gasteiger partial charge >= 0.3 is 0 Å². The maximum absolute atomic E-state index is 12.5. The highest BCUT2D eigenvalue weighted by atomic mass is 32.1. The fraction of sp³-hybridized carbons (Fsp3) is 0.368. The number of rotatable bonds is 4. The number of amides is 2. The van der Waals surface area contributed by atoms with E-state index in [1.54, 1.807) is 6.07 Å². The van der Waals surface area contributed by atoms with Gasteiger partial charge in [0.05, 0.1) is 5.56 Å². The summed E-state index contributed by atoms with van der Waals surface area (Å²) >= 11 is 1.50. The molecule has 2 aromatic rings. The Labute approximate surface area is 146 Å². The Morgan fingerprint density at radius 3 is 2.83 bits per heavy atom. The van der Waals surface area contributed by atoms with Crippen molar-refractivity contribution in [3.8, 4) is 0 Å². The number of hydrogen-bond donors (Lipinski definition) is 2. The first-order valence-corrected chi connectivity index (χ1v) is 9.13. The molecule has 1 atom stereocenters. The average molecular weight is 342 g/mol. The molecule has 5 heteroatoms. The fourth-order valence-corrected chi connectivity index (χ4v) is 4.68. The van der Waals surface area contributed by atoms with Crippen LogP contribution in [0, 0.1) is 12.8 Å². The van der Waals surface area contributed by atoms with E-state index >= 15 is 0 Å². The van der Waals surface area contributed by atoms with Gasteiger partial charge in [0.2, 0.25) is 0 Å². The Bertz CT molecular complexity index is 795. The summed E-state index contributed by atoms with van der Waals surface area (Å²) in [5, 5.41) is 3.50. The van der Waals surface area contributed by atoms with Crippen molar-refractivity contribution >= 4 is 28.2 Å². The topological polar surface area (TPSA) is 72.2 Å². The minimum absolute atomic E-state index is 0.202. The van der Waals surface area contributed by atoms with Gasteiger partial charge in [-0.3, -0.25) is 9.59 Å². The Kier molecular flexibility index (Phi) is 4.71. The summed E-state index contributed by atoms with van der Waals surface area (Å²) in [5.41, 5.74) is 8.76. The maximum atomic E-state index is 12.5. The van der Waals surface area contributed by atoms with Gasteiger partial charge in [-0.1, -0.05) is 31.0 Å². The summed E-state index contributed by atoms with van der Waals surface area (Å²) in [5.74, 6) is -0.00831. The first-order chi connectivity index (χ1) is 11.5. The highest BCUT2D eigenvalue weighted by Gasteiger charge is 2.28. The number of carbonyl (C=O) groups is 2. The van der Waals surface area contributed by atoms with E-state index in [2.05, 4.69) is 12.2 Å². The number of thiophene rings is 1. The van der Waals surface area contributed by atoms with E-state index in [9.17, 15) is 9.59 Å². The molecule has 0 saturated carbocycles. The van der Waals surface area contributed by atoms with Gasteiger partial charge in [-0.05, 0) is 49.8 Å². The molecule has 0 bridgehead atoms. The first kappa shape index (κ1) is 16.7. The molecule has 0 radical (unpaired) electrons. The van der Waals surface area contributed by atoms with Crippen molar-refractivity contribution in [1.82, 2.24) is 0 Å². The lowest BCUT2D eigenvalue weighted by Crippen LogP contribution is -2.19. The summed E-state index contributed by atoms with van der Waals surface area (Å²) in [6, 6.07) is 7.40. The summed E-state index contributed by atoms with van der Waals surface area (Å²) in [6.07, 6.45) is 4.04. The fourth-order valence-electron chi connectivity index (χ4n) is 3.31. The van der Waals surface area contributed by atoms with Gasteiger partial charge in [-0.2, -0.15) is 0 Å². The second-order valence-electron chi connectivity index (χ2n) is 6.41. The van der Waals surface area contributed by atoms with Crippen LogP contribution in [0.5, 0.6) is 0 Å². The van der Waals surface area contributed by atoms with Crippen LogP contribution in [0.3, 0.4) is 0 Å². The Morgan fingerprint density at radius 1 is 1.38 bits per heavy atom. The van der Waals surface area contributed by atoms with Crippen LogP contribution in [0.1, 0.15) is 56.5 Å². The molecule has 1 heterocycles. The van der Waals surface area contributed by atoms with Gasteiger partial charge in [0.15, 0.2) is 0 Å². The van der Waals surface area contributed by atoms with Crippen molar-refractivity contribution in [1.29, 1.82) is 0 Å². The smallest absolute Gasteiger partial charge is 0.256 e. The number of primary amides is 1. The van der Waals surface area contributed by atoms with E-state index in [1.807, 2.05) is 25.1 Å². The summed E-state index contributed by atoms with van der Waals surface area (Å²) in [6.45, 7) is 4.14. The van der Waals surface area contributed by atoms with E-state index in [-0.39, 0.29) is 5.91 Å². The molecule has 0 aliphatic heterocycles. The van der Waals surface area contributed by atoms with Crippen LogP contribution in [0.2, 0.25) is 0 Å². The minimum Gasteiger partial charge on any atom is -0.365 e. The molecule has 3 rings (SSSR count). The van der Waals surface area contributed by atoms with Gasteiger partial charge in [0.1, 0.15) is 5.00 Å². The van der Waals surface area contributed by atoms with Gasteiger partial charge < -0.3 is 11.1 Å². The number of nitrogens with one attached hydrogen (secondary N) is 1. The van der Waals surface area contributed by atoms with E-state index in [4.69, 9.17) is 5.73 Å². The zero-order valence-electron chi connectivity index (χ0n) is 14.0. The molecule has 1 aliphatic rings. The number of nitrogens with two attached hydrogens (primary N) is 1. The molecule has 0 unspecified atom stereocenters. The molecule has 0 spiro atoms. The van der Waals surface area contributed by atoms with Crippen molar-refractivity contribution in [2.24, 2.45) is 11.7 Å². The molecular formula is C19H22N2O2S. The van der Waals surface area contributed by atoms with Crippen LogP contribution in [0.4, 0.5) is 5.00 Å². The van der Waals surface area contributed by atoms with E-state index in [0.717, 1.165) is 36.8 Å². The minimum atomic E-state index is -0.456. The molecule has 1 aromatic heterocycles. The van der Waals surface area contributed by atoms with Gasteiger partial charge in [0, 0.05) is 10.4 Å². The molecule has 0 fully saturated rings. The lowest BCUT2D eigenvalue weighted by molar-refractivity contribution is 0.1000. The largest absolute Gasteiger partial charge is 0.365 e. The van der Waals surface area contributed by atoms with E-state index < -0.39 is 5.91 Å². The molecule has 4 nitrogen and oxygen atoms in total. The molecule has 0 saturated heterocycles. The van der Waals surface area contributed by atoms with E-state index in [0.29, 0.717) is 22.0 Å². The van der Waals surface area contributed by atoms with E-state index in [1.165, 1.54) is 16.2 Å². The Morgan fingerprint density at radius 2 is 2.17 bits per heavy atom. The highest BCUT2D eigenvalue weighted by Crippen LogP contribution is 2.40. The Hall–Kier alpha value is -2.14. The summed E-state index contributed by atoms with van der Waals surface area (Å²) < 4.78 is 0. The number of benzene rings is 1. The highest BCUT2D eigenvalue weighted by molar-refractivity contribution is 7.17. The standard InChI is InChI=1S/C19H22N2O2S/c1-3-12-7-8-14-15(10-12)24-19(16(14)17(20)22)21-18(23)13-6-4-5-11(2)9-13/h4-6,9,12H,3,7-8,10H2,1-2H3,(H2,20,22)(H,21,23)/t12-/m0/s1. The van der Waals surface area contributed by atoms with Crippen molar-refractivity contribution in [2.45, 2.75) is 39.5 Å². The SMILES string of the molecule is CC[C@H]1CCc2c(sc(NC(=O)c3cccc(C)c3)c2C(N)=O)C1. The number of fused-ring (bicyclic) bond motifs is 1. The zero-order valence-corrected chi connectivity index (χ0v) is 14.8. The third-order valence-corrected chi connectivity index (χ3v) is 5.87. The predicted molar refractivity (Wildman–Crippen MR) is 97.8 cm³/mol. The van der Waals surface area contributed by atoms with Crippen molar-refractivity contribution < 1.29 is 9.59 Å². The van der Waals surface area contributed by atoms with Crippen molar-refractivity contribution in [3.05, 3.63) is 51.4 Å².